The Labute approximate surface area is 165 Å². The van der Waals surface area contributed by atoms with E-state index >= 15 is 0 Å². The Morgan fingerprint density at radius 3 is 2.59 bits per heavy atom. The zero-order valence-electron chi connectivity index (χ0n) is 15.7. The van der Waals surface area contributed by atoms with Gasteiger partial charge in [0.15, 0.2) is 11.5 Å². The average Bonchev–Trinajstić information content (AvgIpc) is 2.72. The van der Waals surface area contributed by atoms with E-state index < -0.39 is 6.04 Å². The van der Waals surface area contributed by atoms with Crippen LogP contribution in [0, 0.1) is 10.8 Å². The minimum atomic E-state index is -0.491. The first-order valence-electron chi connectivity index (χ1n) is 9.63. The molecule has 0 radical (unpaired) electrons. The first kappa shape index (κ1) is 19.7. The van der Waals surface area contributed by atoms with E-state index in [1.807, 2.05) is 42.5 Å². The van der Waals surface area contributed by atoms with E-state index in [9.17, 15) is 4.91 Å². The summed E-state index contributed by atoms with van der Waals surface area (Å²) < 4.78 is 12.2. The van der Waals surface area contributed by atoms with Crippen LogP contribution in [0.25, 0.3) is 0 Å². The van der Waals surface area contributed by atoms with Crippen molar-refractivity contribution < 1.29 is 9.47 Å². The average molecular weight is 388 g/mol. The van der Waals surface area contributed by atoms with Crippen molar-refractivity contribution in [3.8, 4) is 11.5 Å². The molecule has 27 heavy (non-hydrogen) atoms. The summed E-state index contributed by atoms with van der Waals surface area (Å²) in [4.78, 5) is 11.1. The van der Waals surface area contributed by atoms with E-state index in [-0.39, 0.29) is 0 Å². The van der Waals surface area contributed by atoms with Crippen molar-refractivity contribution in [1.82, 2.24) is 0 Å². The van der Waals surface area contributed by atoms with E-state index in [0.29, 0.717) is 35.7 Å². The second kappa shape index (κ2) is 9.75. The van der Waals surface area contributed by atoms with Gasteiger partial charge in [0, 0.05) is 16.1 Å². The van der Waals surface area contributed by atoms with Gasteiger partial charge < -0.3 is 9.47 Å². The number of para-hydroxylation sites is 1. The number of nitrogens with zero attached hydrogens (tertiary/aromatic N) is 1. The third-order valence-corrected chi connectivity index (χ3v) is 5.52. The first-order valence-corrected chi connectivity index (χ1v) is 10.0. The molecule has 1 aliphatic rings. The molecule has 1 fully saturated rings. The Kier molecular flexibility index (Phi) is 7.11. The maximum atomic E-state index is 11.1. The SMILES string of the molecule is CC(N=O)c1cccc(OCc2ccccc2Cl)c1OCC1CCCCC1. The fourth-order valence-corrected chi connectivity index (χ4v) is 3.70. The molecule has 2 aromatic carbocycles. The Bertz CT molecular complexity index is 759. The van der Waals surface area contributed by atoms with Crippen LogP contribution in [-0.4, -0.2) is 6.61 Å². The van der Waals surface area contributed by atoms with Gasteiger partial charge in [0.05, 0.1) is 6.61 Å². The van der Waals surface area contributed by atoms with Gasteiger partial charge in [0.1, 0.15) is 12.6 Å². The summed E-state index contributed by atoms with van der Waals surface area (Å²) in [5, 5.41) is 3.85. The number of benzene rings is 2. The lowest BCUT2D eigenvalue weighted by atomic mass is 9.90. The highest BCUT2D eigenvalue weighted by atomic mass is 35.5. The van der Waals surface area contributed by atoms with Crippen molar-refractivity contribution in [2.75, 3.05) is 6.61 Å². The molecule has 2 aromatic rings. The number of hydrogen-bond acceptors (Lipinski definition) is 4. The summed E-state index contributed by atoms with van der Waals surface area (Å²) in [5.41, 5.74) is 1.67. The molecular formula is C22H26ClNO3. The summed E-state index contributed by atoms with van der Waals surface area (Å²) >= 11 is 6.23. The summed E-state index contributed by atoms with van der Waals surface area (Å²) in [5.74, 6) is 1.81. The zero-order chi connectivity index (χ0) is 19.1. The Balaban J connectivity index is 1.78. The van der Waals surface area contributed by atoms with E-state index in [1.54, 1.807) is 6.92 Å². The van der Waals surface area contributed by atoms with Crippen LogP contribution in [0.1, 0.15) is 56.2 Å². The first-order chi connectivity index (χ1) is 13.2. The van der Waals surface area contributed by atoms with Gasteiger partial charge in [-0.1, -0.05) is 66.4 Å². The fraction of sp³-hybridized carbons (Fsp3) is 0.455. The third kappa shape index (κ3) is 5.23. The highest BCUT2D eigenvalue weighted by Crippen LogP contribution is 2.38. The maximum absolute atomic E-state index is 11.1. The standard InChI is InChI=1S/C22H26ClNO3/c1-16(24-25)19-11-7-13-21(26-15-18-10-5-6-12-20(18)23)22(19)27-14-17-8-3-2-4-9-17/h5-7,10-13,16-17H,2-4,8-9,14-15H2,1H3. The molecule has 1 saturated carbocycles. The van der Waals surface area contributed by atoms with E-state index in [4.69, 9.17) is 21.1 Å². The van der Waals surface area contributed by atoms with Crippen molar-refractivity contribution in [3.63, 3.8) is 0 Å². The molecule has 4 nitrogen and oxygen atoms in total. The van der Waals surface area contributed by atoms with Gasteiger partial charge in [-0.2, -0.15) is 4.91 Å². The largest absolute Gasteiger partial charge is 0.489 e. The number of rotatable bonds is 8. The molecule has 1 aliphatic carbocycles. The van der Waals surface area contributed by atoms with Gasteiger partial charge in [-0.05, 0) is 37.8 Å². The van der Waals surface area contributed by atoms with Crippen molar-refractivity contribution >= 4 is 11.6 Å². The second-order valence-electron chi connectivity index (χ2n) is 7.15. The van der Waals surface area contributed by atoms with Gasteiger partial charge in [0.25, 0.3) is 0 Å². The minimum absolute atomic E-state index is 0.339. The molecular weight excluding hydrogens is 362 g/mol. The predicted molar refractivity (Wildman–Crippen MR) is 109 cm³/mol. The Morgan fingerprint density at radius 1 is 1.07 bits per heavy atom. The van der Waals surface area contributed by atoms with Crippen LogP contribution in [0.3, 0.4) is 0 Å². The molecule has 0 bridgehead atoms. The smallest absolute Gasteiger partial charge is 0.166 e. The molecule has 0 N–H and O–H groups in total. The van der Waals surface area contributed by atoms with Gasteiger partial charge in [-0.15, -0.1) is 0 Å². The lowest BCUT2D eigenvalue weighted by Gasteiger charge is -2.24. The summed E-state index contributed by atoms with van der Waals surface area (Å²) in [6, 6.07) is 12.7. The molecule has 0 heterocycles. The van der Waals surface area contributed by atoms with E-state index in [1.165, 1.54) is 32.1 Å². The summed E-state index contributed by atoms with van der Waals surface area (Å²) in [6.45, 7) is 2.75. The highest BCUT2D eigenvalue weighted by molar-refractivity contribution is 6.31. The Hall–Kier alpha value is -2.07. The van der Waals surface area contributed by atoms with Gasteiger partial charge in [-0.25, -0.2) is 0 Å². The topological polar surface area (TPSA) is 47.9 Å². The lowest BCUT2D eigenvalue weighted by Crippen LogP contribution is -2.16. The van der Waals surface area contributed by atoms with Gasteiger partial charge in [-0.3, -0.25) is 0 Å². The van der Waals surface area contributed by atoms with Crippen LogP contribution >= 0.6 is 11.6 Å². The van der Waals surface area contributed by atoms with Crippen molar-refractivity contribution in [2.45, 2.75) is 51.7 Å². The van der Waals surface area contributed by atoms with Gasteiger partial charge >= 0.3 is 0 Å². The molecule has 5 heteroatoms. The molecule has 0 amide bonds. The number of ether oxygens (including phenoxy) is 2. The third-order valence-electron chi connectivity index (χ3n) is 5.15. The van der Waals surface area contributed by atoms with Crippen molar-refractivity contribution in [1.29, 1.82) is 0 Å². The monoisotopic (exact) mass is 387 g/mol. The van der Waals surface area contributed by atoms with Crippen molar-refractivity contribution in [2.24, 2.45) is 11.1 Å². The normalized spacial score (nSPS) is 15.9. The molecule has 0 saturated heterocycles. The van der Waals surface area contributed by atoms with Crippen LogP contribution in [0.4, 0.5) is 0 Å². The fourth-order valence-electron chi connectivity index (χ4n) is 3.51. The van der Waals surface area contributed by atoms with Crippen LogP contribution in [-0.2, 0) is 6.61 Å². The van der Waals surface area contributed by atoms with Crippen LogP contribution in [0.15, 0.2) is 47.6 Å². The lowest BCUT2D eigenvalue weighted by molar-refractivity contribution is 0.194. The number of nitroso groups, excluding NO2 is 1. The maximum Gasteiger partial charge on any atom is 0.166 e. The summed E-state index contributed by atoms with van der Waals surface area (Å²) in [7, 11) is 0. The molecule has 144 valence electrons. The quantitative estimate of drug-likeness (QED) is 0.473. The Morgan fingerprint density at radius 2 is 1.85 bits per heavy atom. The number of halogens is 1. The minimum Gasteiger partial charge on any atom is -0.489 e. The van der Waals surface area contributed by atoms with Gasteiger partial charge in [0.2, 0.25) is 0 Å². The predicted octanol–water partition coefficient (Wildman–Crippen LogP) is 6.71. The van der Waals surface area contributed by atoms with Crippen LogP contribution in [0.5, 0.6) is 11.5 Å². The highest BCUT2D eigenvalue weighted by Gasteiger charge is 2.20. The molecule has 0 aromatic heterocycles. The molecule has 1 unspecified atom stereocenters. The molecule has 0 aliphatic heterocycles. The number of hydrogen-bond donors (Lipinski definition) is 0. The molecule has 0 spiro atoms. The zero-order valence-corrected chi connectivity index (χ0v) is 16.5. The second-order valence-corrected chi connectivity index (χ2v) is 7.56. The molecule has 3 rings (SSSR count). The van der Waals surface area contributed by atoms with E-state index in [0.717, 1.165) is 11.1 Å². The van der Waals surface area contributed by atoms with Crippen LogP contribution in [0.2, 0.25) is 5.02 Å². The van der Waals surface area contributed by atoms with E-state index in [2.05, 4.69) is 5.18 Å². The molecule has 1 atom stereocenters. The van der Waals surface area contributed by atoms with Crippen LogP contribution < -0.4 is 9.47 Å². The van der Waals surface area contributed by atoms with Crippen molar-refractivity contribution in [3.05, 3.63) is 63.5 Å². The summed E-state index contributed by atoms with van der Waals surface area (Å²) in [6.07, 6.45) is 6.22.